The van der Waals surface area contributed by atoms with Gasteiger partial charge in [0.05, 0.1) is 23.7 Å². The Balaban J connectivity index is 1.36. The average molecular weight is 882 g/mol. The van der Waals surface area contributed by atoms with E-state index >= 15 is 4.39 Å². The Morgan fingerprint density at radius 3 is 2.35 bits per heavy atom. The molecule has 1 amide bonds. The third-order valence-electron chi connectivity index (χ3n) is 13.6. The monoisotopic (exact) mass is 881 g/mol. The maximum absolute atomic E-state index is 15.3. The van der Waals surface area contributed by atoms with Gasteiger partial charge in [-0.25, -0.2) is 18.8 Å². The Morgan fingerprint density at radius 2 is 1.71 bits per heavy atom. The van der Waals surface area contributed by atoms with Crippen LogP contribution >= 0.6 is 0 Å². The van der Waals surface area contributed by atoms with Crippen LogP contribution in [0.25, 0.3) is 0 Å². The molecular formula is C46H60FN3O13. The predicted molar refractivity (Wildman–Crippen MR) is 221 cm³/mol. The lowest BCUT2D eigenvalue weighted by Crippen LogP contribution is -2.74. The summed E-state index contributed by atoms with van der Waals surface area (Å²) in [6.45, 7) is 13.9. The van der Waals surface area contributed by atoms with Crippen LogP contribution < -0.4 is 5.32 Å². The fourth-order valence-corrected chi connectivity index (χ4v) is 10.6. The Morgan fingerprint density at radius 1 is 1.02 bits per heavy atom. The van der Waals surface area contributed by atoms with Crippen LogP contribution in [0.2, 0.25) is 0 Å². The maximum atomic E-state index is 15.3. The summed E-state index contributed by atoms with van der Waals surface area (Å²) in [5.41, 5.74) is -4.46. The molecule has 3 N–H and O–H groups in total. The molecule has 5 aliphatic rings. The second-order valence-corrected chi connectivity index (χ2v) is 19.5. The summed E-state index contributed by atoms with van der Waals surface area (Å²) in [5, 5.41) is 27.9. The Bertz CT molecular complexity index is 2110. The smallest absolute Gasteiger partial charge is 0.408 e. The van der Waals surface area contributed by atoms with Gasteiger partial charge in [0, 0.05) is 42.8 Å². The standard InChI is InChI=1S/C46H60FN3O13/c1-23-28(58-40(54)35(52)34(33-26(47)17-14-20-48-33)49-42(55)63-43(3,4)5)21-46(56)37(62-39(53)25-15-12-11-13-16-25)32-30-27(59-41(30)57-24(2)51)18-19-45(32,8)38-36(31(23)44(46,6)7)60-29(61-38)22-50(9)10/h11-17,20,27-30,32,34-38,41,52,56H,18-19,21-22H2,1-10H3,(H,49,55)/t27-,28+,29?,30-,32?,34?,35-,36-,37+,38-,41?,45-,46-/m1/s1. The van der Waals surface area contributed by atoms with E-state index in [0.717, 1.165) is 6.07 Å². The van der Waals surface area contributed by atoms with Gasteiger partial charge in [0.2, 0.25) is 6.29 Å². The van der Waals surface area contributed by atoms with Gasteiger partial charge < -0.3 is 53.6 Å². The number of alkyl carbamates (subject to hydrolysis) is 1. The molecule has 1 aromatic carbocycles. The molecule has 0 spiro atoms. The van der Waals surface area contributed by atoms with Gasteiger partial charge in [-0.15, -0.1) is 0 Å². The molecule has 344 valence electrons. The summed E-state index contributed by atoms with van der Waals surface area (Å²) in [6, 6.07) is 8.95. The minimum absolute atomic E-state index is 0.222. The highest BCUT2D eigenvalue weighted by molar-refractivity contribution is 5.89. The molecule has 16 nitrogen and oxygen atoms in total. The molecule has 7 rings (SSSR count). The molecule has 2 aromatic rings. The number of rotatable bonds is 10. The molecule has 4 fully saturated rings. The number of benzene rings is 1. The van der Waals surface area contributed by atoms with Crippen molar-refractivity contribution < 1.29 is 66.9 Å². The Kier molecular flexibility index (Phi) is 12.6. The van der Waals surface area contributed by atoms with Crippen LogP contribution in [0.1, 0.15) is 96.7 Å². The number of ether oxygens (including phenoxy) is 7. The van der Waals surface area contributed by atoms with Gasteiger partial charge in [-0.3, -0.25) is 9.78 Å². The molecule has 2 saturated carbocycles. The fraction of sp³-hybridized carbons (Fsp3) is 0.630. The summed E-state index contributed by atoms with van der Waals surface area (Å²) in [4.78, 5) is 60.2. The number of esters is 3. The highest BCUT2D eigenvalue weighted by Crippen LogP contribution is 2.66. The summed E-state index contributed by atoms with van der Waals surface area (Å²) < 4.78 is 59.2. The molecule has 3 aliphatic carbocycles. The Hall–Kier alpha value is -4.52. The molecule has 2 aliphatic heterocycles. The summed E-state index contributed by atoms with van der Waals surface area (Å²) in [5.74, 6) is -4.88. The topological polar surface area (TPSA) is 202 Å². The minimum Gasteiger partial charge on any atom is -0.456 e. The first kappa shape index (κ1) is 46.5. The predicted octanol–water partition coefficient (Wildman–Crippen LogP) is 4.77. The number of aromatic nitrogens is 1. The molecule has 1 aromatic heterocycles. The van der Waals surface area contributed by atoms with Crippen molar-refractivity contribution in [2.45, 2.75) is 141 Å². The molecule has 2 bridgehead atoms. The number of amides is 1. The van der Waals surface area contributed by atoms with Gasteiger partial charge >= 0.3 is 24.0 Å². The number of likely N-dealkylation sites (N-methyl/N-ethyl adjacent to an activating group) is 1. The highest BCUT2D eigenvalue weighted by atomic mass is 19.1. The zero-order valence-corrected chi connectivity index (χ0v) is 37.5. The van der Waals surface area contributed by atoms with Crippen LogP contribution in [0, 0.1) is 28.5 Å². The summed E-state index contributed by atoms with van der Waals surface area (Å²) in [6.07, 6.45) is -7.84. The number of aliphatic hydroxyl groups is 2. The van der Waals surface area contributed by atoms with Crippen LogP contribution in [0.15, 0.2) is 59.8 Å². The largest absolute Gasteiger partial charge is 0.456 e. The third kappa shape index (κ3) is 8.59. The fourth-order valence-electron chi connectivity index (χ4n) is 10.6. The molecular weight excluding hydrogens is 822 g/mol. The van der Waals surface area contributed by atoms with Crippen LogP contribution in [0.4, 0.5) is 9.18 Å². The Labute approximate surface area is 366 Å². The van der Waals surface area contributed by atoms with Crippen molar-refractivity contribution in [1.29, 1.82) is 0 Å². The van der Waals surface area contributed by atoms with Crippen molar-refractivity contribution in [2.75, 3.05) is 20.6 Å². The second-order valence-electron chi connectivity index (χ2n) is 19.5. The number of nitrogens with zero attached hydrogens (tertiary/aromatic N) is 2. The van der Waals surface area contributed by atoms with Gasteiger partial charge in [0.25, 0.3) is 0 Å². The number of nitrogens with one attached hydrogen (secondary N) is 1. The van der Waals surface area contributed by atoms with Gasteiger partial charge in [0.1, 0.15) is 47.1 Å². The number of hydrogen-bond donors (Lipinski definition) is 3. The van der Waals surface area contributed by atoms with E-state index in [4.69, 9.17) is 33.2 Å². The van der Waals surface area contributed by atoms with E-state index in [2.05, 4.69) is 10.3 Å². The highest BCUT2D eigenvalue weighted by Gasteiger charge is 2.73. The van der Waals surface area contributed by atoms with E-state index in [-0.39, 0.29) is 12.0 Å². The van der Waals surface area contributed by atoms with E-state index in [1.54, 1.807) is 58.0 Å². The van der Waals surface area contributed by atoms with Crippen molar-refractivity contribution in [2.24, 2.45) is 22.7 Å². The molecule has 0 radical (unpaired) electrons. The first-order chi connectivity index (χ1) is 29.5. The summed E-state index contributed by atoms with van der Waals surface area (Å²) >= 11 is 0. The van der Waals surface area contributed by atoms with Crippen LogP contribution in [-0.4, -0.2) is 125 Å². The zero-order chi connectivity index (χ0) is 46.0. The minimum atomic E-state index is -2.23. The lowest BCUT2D eigenvalue weighted by atomic mass is 9.46. The van der Waals surface area contributed by atoms with Gasteiger partial charge in [0.15, 0.2) is 12.4 Å². The lowest BCUT2D eigenvalue weighted by molar-refractivity contribution is -0.351. The number of halogens is 1. The van der Waals surface area contributed by atoms with Crippen LogP contribution in [-0.2, 0) is 42.7 Å². The van der Waals surface area contributed by atoms with Crippen LogP contribution in [0.5, 0.6) is 0 Å². The van der Waals surface area contributed by atoms with Crippen molar-refractivity contribution in [3.63, 3.8) is 0 Å². The van der Waals surface area contributed by atoms with Crippen molar-refractivity contribution in [3.8, 4) is 0 Å². The molecule has 13 atom stereocenters. The third-order valence-corrected chi connectivity index (χ3v) is 13.6. The van der Waals surface area contributed by atoms with E-state index < -0.39 is 125 Å². The molecule has 2 saturated heterocycles. The molecule has 4 unspecified atom stereocenters. The van der Waals surface area contributed by atoms with Crippen molar-refractivity contribution in [1.82, 2.24) is 15.2 Å². The SMILES string of the molecule is CC(=O)OC1O[C@@H]2CC[C@]3(C)C([C@H]12)[C@H](OC(=O)c1ccccc1)[C@]1(O)C[C@H](OC(=O)[C@H](O)C(NC(=O)OC(C)(C)C)c2ncccc2F)C(C)=C([C@H]2OC(CN(C)C)O[C@H]23)C1(C)C. The lowest BCUT2D eigenvalue weighted by Gasteiger charge is -2.66. The quantitative estimate of drug-likeness (QED) is 0.167. The molecule has 63 heavy (non-hydrogen) atoms. The molecule has 3 heterocycles. The second kappa shape index (κ2) is 17.1. The number of hydrogen-bond acceptors (Lipinski definition) is 15. The number of aliphatic hydroxyl groups excluding tert-OH is 1. The summed E-state index contributed by atoms with van der Waals surface area (Å²) in [7, 11) is 3.77. The van der Waals surface area contributed by atoms with E-state index in [9.17, 15) is 29.4 Å². The van der Waals surface area contributed by atoms with Gasteiger partial charge in [-0.1, -0.05) is 39.0 Å². The first-order valence-electron chi connectivity index (χ1n) is 21.4. The van der Waals surface area contributed by atoms with Gasteiger partial charge in [-0.2, -0.15) is 0 Å². The van der Waals surface area contributed by atoms with Crippen molar-refractivity contribution >= 4 is 24.0 Å². The maximum Gasteiger partial charge on any atom is 0.408 e. The van der Waals surface area contributed by atoms with Crippen molar-refractivity contribution in [3.05, 3.63) is 76.9 Å². The van der Waals surface area contributed by atoms with E-state index in [0.29, 0.717) is 30.5 Å². The number of fused-ring (bicyclic) bond motifs is 8. The molecule has 17 heteroatoms. The number of pyridine rings is 1. The van der Waals surface area contributed by atoms with E-state index in [1.807, 2.05) is 39.8 Å². The number of carbonyl (C=O) groups is 4. The average Bonchev–Trinajstić information content (AvgIpc) is 3.59. The first-order valence-corrected chi connectivity index (χ1v) is 21.4. The van der Waals surface area contributed by atoms with E-state index in [1.165, 1.54) is 19.2 Å². The number of carbonyl (C=O) groups excluding carboxylic acids is 4. The van der Waals surface area contributed by atoms with Gasteiger partial charge in [-0.05, 0) is 90.0 Å². The normalized spacial score (nSPS) is 34.1. The zero-order valence-electron chi connectivity index (χ0n) is 37.5. The van der Waals surface area contributed by atoms with Crippen LogP contribution in [0.3, 0.4) is 0 Å².